The zero-order valence-corrected chi connectivity index (χ0v) is 17.8. The van der Waals surface area contributed by atoms with Crippen molar-refractivity contribution in [2.75, 3.05) is 6.54 Å². The summed E-state index contributed by atoms with van der Waals surface area (Å²) in [6, 6.07) is 8.57. The fourth-order valence-electron chi connectivity index (χ4n) is 4.31. The van der Waals surface area contributed by atoms with Gasteiger partial charge in [-0.25, -0.2) is 0 Å². The topological polar surface area (TPSA) is 38.1 Å². The van der Waals surface area contributed by atoms with Crippen molar-refractivity contribution in [3.05, 3.63) is 52.8 Å². The van der Waals surface area contributed by atoms with E-state index in [2.05, 4.69) is 48.1 Å². The molecule has 0 saturated carbocycles. The van der Waals surface area contributed by atoms with E-state index in [4.69, 9.17) is 0 Å². The summed E-state index contributed by atoms with van der Waals surface area (Å²) in [4.78, 5) is 15.0. The summed E-state index contributed by atoms with van der Waals surface area (Å²) in [5.74, 6) is 0.520. The van der Waals surface area contributed by atoms with E-state index in [0.29, 0.717) is 12.3 Å². The Morgan fingerprint density at radius 3 is 2.50 bits per heavy atom. The van der Waals surface area contributed by atoms with Gasteiger partial charge in [-0.05, 0) is 24.5 Å². The average Bonchev–Trinajstić information content (AvgIpc) is 3.04. The maximum atomic E-state index is 12.9. The highest BCUT2D eigenvalue weighted by molar-refractivity contribution is 5.76. The lowest BCUT2D eigenvalue weighted by Gasteiger charge is -2.35. The number of carbonyl (C=O) groups is 1. The predicted molar refractivity (Wildman–Crippen MR) is 114 cm³/mol. The third-order valence-electron chi connectivity index (χ3n) is 6.19. The zero-order chi connectivity index (χ0) is 19.9. The van der Waals surface area contributed by atoms with E-state index >= 15 is 0 Å². The first kappa shape index (κ1) is 20.6. The van der Waals surface area contributed by atoms with Gasteiger partial charge < -0.3 is 4.90 Å². The Kier molecular flexibility index (Phi) is 7.30. The van der Waals surface area contributed by atoms with Gasteiger partial charge in [-0.15, -0.1) is 0 Å². The summed E-state index contributed by atoms with van der Waals surface area (Å²) < 4.78 is 1.93. The van der Waals surface area contributed by atoms with Crippen molar-refractivity contribution < 1.29 is 4.79 Å². The summed E-state index contributed by atoms with van der Waals surface area (Å²) in [5, 5.41) is 4.44. The van der Waals surface area contributed by atoms with E-state index < -0.39 is 0 Å². The van der Waals surface area contributed by atoms with Crippen molar-refractivity contribution in [2.45, 2.75) is 77.7 Å². The number of aromatic nitrogens is 2. The summed E-state index contributed by atoms with van der Waals surface area (Å²) in [6.45, 7) is 5.86. The minimum atomic E-state index is 0.219. The maximum absolute atomic E-state index is 12.9. The molecule has 2 aromatic rings. The molecule has 152 valence electrons. The van der Waals surface area contributed by atoms with Gasteiger partial charge in [0.15, 0.2) is 0 Å². The summed E-state index contributed by atoms with van der Waals surface area (Å²) in [7, 11) is 1.98. The monoisotopic (exact) mass is 381 g/mol. The third kappa shape index (κ3) is 4.84. The molecule has 1 unspecified atom stereocenters. The quantitative estimate of drug-likeness (QED) is 0.550. The third-order valence-corrected chi connectivity index (χ3v) is 6.19. The Hall–Kier alpha value is -2.10. The standard InChI is InChI=1S/C24H35N3O/c1-4-5-6-7-8-9-10-15-24(28)27-17-20-13-11-12-14-21(20)23(18-27)22-16-25-26(3)19(22)2/h11-14,16,23H,4-10,15,17-18H2,1-3H3. The Bertz CT molecular complexity index is 780. The van der Waals surface area contributed by atoms with Gasteiger partial charge in [-0.3, -0.25) is 9.48 Å². The van der Waals surface area contributed by atoms with Gasteiger partial charge in [0, 0.05) is 43.7 Å². The highest BCUT2D eigenvalue weighted by atomic mass is 16.2. The van der Waals surface area contributed by atoms with Crippen molar-refractivity contribution in [3.8, 4) is 0 Å². The average molecular weight is 382 g/mol. The van der Waals surface area contributed by atoms with Crippen molar-refractivity contribution in [2.24, 2.45) is 7.05 Å². The van der Waals surface area contributed by atoms with E-state index in [1.54, 1.807) is 0 Å². The SMILES string of the molecule is CCCCCCCCCC(=O)N1Cc2ccccc2C(c2cnn(C)c2C)C1. The van der Waals surface area contributed by atoms with E-state index in [0.717, 1.165) is 19.5 Å². The minimum absolute atomic E-state index is 0.219. The van der Waals surface area contributed by atoms with E-state index in [9.17, 15) is 4.79 Å². The molecule has 0 bridgehead atoms. The fourth-order valence-corrected chi connectivity index (χ4v) is 4.31. The molecule has 3 rings (SSSR count). The van der Waals surface area contributed by atoms with Crippen molar-refractivity contribution in [1.29, 1.82) is 0 Å². The van der Waals surface area contributed by atoms with Gasteiger partial charge in [0.25, 0.3) is 0 Å². The van der Waals surface area contributed by atoms with E-state index in [-0.39, 0.29) is 5.92 Å². The molecule has 0 N–H and O–H groups in total. The van der Waals surface area contributed by atoms with Crippen LogP contribution in [0.3, 0.4) is 0 Å². The van der Waals surface area contributed by atoms with Crippen LogP contribution in [0.5, 0.6) is 0 Å². The molecular formula is C24H35N3O. The molecule has 0 radical (unpaired) electrons. The number of unbranched alkanes of at least 4 members (excludes halogenated alkanes) is 6. The number of hydrogen-bond acceptors (Lipinski definition) is 2. The molecule has 4 heteroatoms. The molecule has 2 heterocycles. The number of rotatable bonds is 9. The van der Waals surface area contributed by atoms with Crippen LogP contribution in [-0.4, -0.2) is 27.1 Å². The van der Waals surface area contributed by atoms with Crippen LogP contribution in [0.25, 0.3) is 0 Å². The minimum Gasteiger partial charge on any atom is -0.337 e. The second-order valence-electron chi connectivity index (χ2n) is 8.21. The highest BCUT2D eigenvalue weighted by Crippen LogP contribution is 2.35. The smallest absolute Gasteiger partial charge is 0.222 e. The molecule has 1 aliphatic heterocycles. The number of hydrogen-bond donors (Lipinski definition) is 0. The summed E-state index contributed by atoms with van der Waals surface area (Å²) in [6.07, 6.45) is 11.4. The Morgan fingerprint density at radius 1 is 1.07 bits per heavy atom. The highest BCUT2D eigenvalue weighted by Gasteiger charge is 2.30. The van der Waals surface area contributed by atoms with Gasteiger partial charge in [-0.2, -0.15) is 5.10 Å². The Morgan fingerprint density at radius 2 is 1.79 bits per heavy atom. The second kappa shape index (κ2) is 9.90. The molecule has 0 aliphatic carbocycles. The van der Waals surface area contributed by atoms with Gasteiger partial charge in [0.05, 0.1) is 6.20 Å². The Balaban J connectivity index is 1.62. The first-order valence-corrected chi connectivity index (χ1v) is 11.0. The molecule has 1 atom stereocenters. The van der Waals surface area contributed by atoms with Gasteiger partial charge in [-0.1, -0.05) is 69.7 Å². The number of fused-ring (bicyclic) bond motifs is 1. The molecule has 28 heavy (non-hydrogen) atoms. The molecule has 1 amide bonds. The van der Waals surface area contributed by atoms with Gasteiger partial charge in [0.2, 0.25) is 5.91 Å². The van der Waals surface area contributed by atoms with Crippen LogP contribution in [0.1, 0.15) is 86.6 Å². The first-order valence-electron chi connectivity index (χ1n) is 11.0. The predicted octanol–water partition coefficient (Wildman–Crippen LogP) is 5.34. The van der Waals surface area contributed by atoms with Crippen molar-refractivity contribution in [3.63, 3.8) is 0 Å². The summed E-state index contributed by atoms with van der Waals surface area (Å²) in [5.41, 5.74) is 5.04. The van der Waals surface area contributed by atoms with Crippen LogP contribution in [0.4, 0.5) is 0 Å². The van der Waals surface area contributed by atoms with E-state index in [1.807, 2.05) is 17.9 Å². The molecule has 0 saturated heterocycles. The molecule has 4 nitrogen and oxygen atoms in total. The summed E-state index contributed by atoms with van der Waals surface area (Å²) >= 11 is 0. The maximum Gasteiger partial charge on any atom is 0.222 e. The van der Waals surface area contributed by atoms with Crippen LogP contribution in [0.15, 0.2) is 30.5 Å². The molecular weight excluding hydrogens is 346 g/mol. The largest absolute Gasteiger partial charge is 0.337 e. The zero-order valence-electron chi connectivity index (χ0n) is 17.8. The number of aryl methyl sites for hydroxylation is 1. The number of nitrogens with zero attached hydrogens (tertiary/aromatic N) is 3. The molecule has 1 aliphatic rings. The first-order chi connectivity index (χ1) is 13.6. The number of carbonyl (C=O) groups excluding carboxylic acids is 1. The lowest BCUT2D eigenvalue weighted by atomic mass is 9.84. The van der Waals surface area contributed by atoms with E-state index in [1.165, 1.54) is 60.9 Å². The van der Waals surface area contributed by atoms with Crippen LogP contribution in [0.2, 0.25) is 0 Å². The van der Waals surface area contributed by atoms with Crippen LogP contribution < -0.4 is 0 Å². The lowest BCUT2D eigenvalue weighted by Crippen LogP contribution is -2.38. The molecule has 1 aromatic heterocycles. The van der Waals surface area contributed by atoms with Crippen LogP contribution >= 0.6 is 0 Å². The van der Waals surface area contributed by atoms with Gasteiger partial charge in [0.1, 0.15) is 0 Å². The number of benzene rings is 1. The van der Waals surface area contributed by atoms with Crippen LogP contribution in [-0.2, 0) is 18.4 Å². The Labute approximate surface area is 169 Å². The molecule has 1 aromatic carbocycles. The fraction of sp³-hybridized carbons (Fsp3) is 0.583. The number of amides is 1. The molecule has 0 spiro atoms. The second-order valence-corrected chi connectivity index (χ2v) is 8.21. The normalized spacial score (nSPS) is 16.2. The lowest BCUT2D eigenvalue weighted by molar-refractivity contribution is -0.132. The van der Waals surface area contributed by atoms with Crippen molar-refractivity contribution in [1.82, 2.24) is 14.7 Å². The molecule has 0 fully saturated rings. The van der Waals surface area contributed by atoms with Crippen molar-refractivity contribution >= 4 is 5.91 Å². The van der Waals surface area contributed by atoms with Gasteiger partial charge >= 0.3 is 0 Å². The van der Waals surface area contributed by atoms with Crippen LogP contribution in [0, 0.1) is 6.92 Å².